The van der Waals surface area contributed by atoms with Crippen molar-refractivity contribution in [1.82, 2.24) is 4.98 Å². The second-order valence-electron chi connectivity index (χ2n) is 5.47. The SMILES string of the molecule is CCOC(=O)c1nc(-c2ccc(OCc3c(Cl)cccc3Cl)cc2)oc1N. The van der Waals surface area contributed by atoms with E-state index in [1.54, 1.807) is 49.4 Å². The third-order valence-corrected chi connectivity index (χ3v) is 4.38. The van der Waals surface area contributed by atoms with Crippen molar-refractivity contribution in [1.29, 1.82) is 0 Å². The fourth-order valence-corrected chi connectivity index (χ4v) is 2.83. The van der Waals surface area contributed by atoms with Gasteiger partial charge in [0, 0.05) is 21.2 Å². The van der Waals surface area contributed by atoms with Crippen LogP contribution in [0.2, 0.25) is 10.0 Å². The molecule has 27 heavy (non-hydrogen) atoms. The summed E-state index contributed by atoms with van der Waals surface area (Å²) in [6.45, 7) is 2.16. The van der Waals surface area contributed by atoms with Crippen molar-refractivity contribution in [2.75, 3.05) is 12.3 Å². The number of carbonyl (C=O) groups excluding carboxylic acids is 1. The molecule has 0 spiro atoms. The molecule has 3 aromatic rings. The number of oxazole rings is 1. The van der Waals surface area contributed by atoms with E-state index in [0.717, 1.165) is 0 Å². The normalized spacial score (nSPS) is 10.6. The Kier molecular flexibility index (Phi) is 5.88. The molecule has 0 aliphatic rings. The van der Waals surface area contributed by atoms with Gasteiger partial charge in [-0.05, 0) is 43.3 Å². The van der Waals surface area contributed by atoms with Gasteiger partial charge >= 0.3 is 5.97 Å². The molecule has 0 saturated carbocycles. The van der Waals surface area contributed by atoms with Crippen LogP contribution >= 0.6 is 23.2 Å². The van der Waals surface area contributed by atoms with Gasteiger partial charge in [0.2, 0.25) is 17.5 Å². The van der Waals surface area contributed by atoms with E-state index in [-0.39, 0.29) is 30.7 Å². The summed E-state index contributed by atoms with van der Waals surface area (Å²) in [5.41, 5.74) is 7.01. The first-order valence-corrected chi connectivity index (χ1v) is 8.84. The van der Waals surface area contributed by atoms with Crippen molar-refractivity contribution >= 4 is 35.1 Å². The first kappa shape index (κ1) is 19.1. The zero-order valence-electron chi connectivity index (χ0n) is 14.4. The minimum Gasteiger partial charge on any atom is -0.489 e. The molecule has 2 aromatic carbocycles. The summed E-state index contributed by atoms with van der Waals surface area (Å²) in [7, 11) is 0. The van der Waals surface area contributed by atoms with Crippen LogP contribution in [0.15, 0.2) is 46.9 Å². The van der Waals surface area contributed by atoms with E-state index < -0.39 is 5.97 Å². The van der Waals surface area contributed by atoms with E-state index in [9.17, 15) is 4.79 Å². The molecule has 0 amide bonds. The number of hydrogen-bond donors (Lipinski definition) is 1. The number of nitrogen functional groups attached to an aromatic ring is 1. The molecule has 0 saturated heterocycles. The molecule has 8 heteroatoms. The molecule has 0 radical (unpaired) electrons. The number of ether oxygens (including phenoxy) is 2. The molecule has 6 nitrogen and oxygen atoms in total. The summed E-state index contributed by atoms with van der Waals surface area (Å²) >= 11 is 12.3. The molecule has 0 unspecified atom stereocenters. The Labute approximate surface area is 165 Å². The van der Waals surface area contributed by atoms with Crippen LogP contribution in [0, 0.1) is 0 Å². The predicted molar refractivity (Wildman–Crippen MR) is 103 cm³/mol. The number of carbonyl (C=O) groups is 1. The summed E-state index contributed by atoms with van der Waals surface area (Å²) in [4.78, 5) is 15.9. The minimum absolute atomic E-state index is 0.0412. The summed E-state index contributed by atoms with van der Waals surface area (Å²) in [6, 6.07) is 12.2. The fourth-order valence-electron chi connectivity index (χ4n) is 2.32. The van der Waals surface area contributed by atoms with E-state index in [4.69, 9.17) is 42.8 Å². The van der Waals surface area contributed by atoms with Crippen LogP contribution in [0.3, 0.4) is 0 Å². The zero-order chi connectivity index (χ0) is 19.4. The lowest BCUT2D eigenvalue weighted by Crippen LogP contribution is -2.07. The molecular formula is C19H16Cl2N2O4. The van der Waals surface area contributed by atoms with Gasteiger partial charge in [-0.2, -0.15) is 4.98 Å². The molecule has 0 aliphatic heterocycles. The van der Waals surface area contributed by atoms with Crippen LogP contribution in [-0.4, -0.2) is 17.6 Å². The van der Waals surface area contributed by atoms with Gasteiger partial charge in [-0.3, -0.25) is 0 Å². The second-order valence-corrected chi connectivity index (χ2v) is 6.28. The number of aromatic nitrogens is 1. The van der Waals surface area contributed by atoms with Crippen LogP contribution in [-0.2, 0) is 11.3 Å². The van der Waals surface area contributed by atoms with Gasteiger partial charge in [-0.25, -0.2) is 4.79 Å². The predicted octanol–water partition coefficient (Wildman–Crippen LogP) is 4.99. The van der Waals surface area contributed by atoms with Gasteiger partial charge < -0.3 is 19.6 Å². The molecule has 0 aliphatic carbocycles. The van der Waals surface area contributed by atoms with E-state index >= 15 is 0 Å². The monoisotopic (exact) mass is 406 g/mol. The lowest BCUT2D eigenvalue weighted by molar-refractivity contribution is 0.0521. The Hall–Kier alpha value is -2.70. The summed E-state index contributed by atoms with van der Waals surface area (Å²) < 4.78 is 16.0. The Bertz CT molecular complexity index is 935. The summed E-state index contributed by atoms with van der Waals surface area (Å²) in [6.07, 6.45) is 0. The van der Waals surface area contributed by atoms with Crippen molar-refractivity contribution in [3.63, 3.8) is 0 Å². The molecule has 0 bridgehead atoms. The highest BCUT2D eigenvalue weighted by Crippen LogP contribution is 2.28. The average Bonchev–Trinajstić information content (AvgIpc) is 3.04. The Morgan fingerprint density at radius 2 is 1.81 bits per heavy atom. The van der Waals surface area contributed by atoms with Crippen LogP contribution in [0.25, 0.3) is 11.5 Å². The van der Waals surface area contributed by atoms with Crippen molar-refractivity contribution in [3.8, 4) is 17.2 Å². The number of rotatable bonds is 6. The third-order valence-electron chi connectivity index (χ3n) is 3.67. The number of hydrogen-bond acceptors (Lipinski definition) is 6. The van der Waals surface area contributed by atoms with Gasteiger partial charge in [-0.15, -0.1) is 0 Å². The van der Waals surface area contributed by atoms with Crippen molar-refractivity contribution in [2.24, 2.45) is 0 Å². The number of nitrogens with zero attached hydrogens (tertiary/aromatic N) is 1. The fraction of sp³-hybridized carbons (Fsp3) is 0.158. The molecule has 0 atom stereocenters. The molecule has 2 N–H and O–H groups in total. The van der Waals surface area contributed by atoms with E-state index in [0.29, 0.717) is 26.9 Å². The average molecular weight is 407 g/mol. The van der Waals surface area contributed by atoms with E-state index in [1.807, 2.05) is 0 Å². The number of benzene rings is 2. The maximum atomic E-state index is 11.8. The van der Waals surface area contributed by atoms with Crippen LogP contribution in [0.1, 0.15) is 23.0 Å². The molecule has 3 rings (SSSR count). The largest absolute Gasteiger partial charge is 0.489 e. The van der Waals surface area contributed by atoms with Crippen LogP contribution < -0.4 is 10.5 Å². The lowest BCUT2D eigenvalue weighted by atomic mass is 10.2. The first-order chi connectivity index (χ1) is 13.0. The topological polar surface area (TPSA) is 87.6 Å². The molecule has 1 heterocycles. The van der Waals surface area contributed by atoms with Gasteiger partial charge in [0.25, 0.3) is 0 Å². The molecule has 0 fully saturated rings. The highest BCUT2D eigenvalue weighted by Gasteiger charge is 2.20. The van der Waals surface area contributed by atoms with E-state index in [1.165, 1.54) is 0 Å². The Morgan fingerprint density at radius 3 is 2.44 bits per heavy atom. The number of nitrogens with two attached hydrogens (primary N) is 1. The maximum absolute atomic E-state index is 11.8. The number of halogens is 2. The summed E-state index contributed by atoms with van der Waals surface area (Å²) in [5, 5.41) is 1.08. The second kappa shape index (κ2) is 8.33. The van der Waals surface area contributed by atoms with Gasteiger partial charge in [0.15, 0.2) is 0 Å². The number of esters is 1. The van der Waals surface area contributed by atoms with Gasteiger partial charge in [-0.1, -0.05) is 29.3 Å². The van der Waals surface area contributed by atoms with Gasteiger partial charge in [0.1, 0.15) is 12.4 Å². The smallest absolute Gasteiger partial charge is 0.362 e. The standard InChI is InChI=1S/C19H16Cl2N2O4/c1-2-25-19(24)16-17(22)27-18(23-16)11-6-8-12(9-7-11)26-10-13-14(20)4-3-5-15(13)21/h3-9H,2,10,22H2,1H3. The Balaban J connectivity index is 1.72. The van der Waals surface area contributed by atoms with Gasteiger partial charge in [0.05, 0.1) is 6.61 Å². The molecular weight excluding hydrogens is 391 g/mol. The van der Waals surface area contributed by atoms with E-state index in [2.05, 4.69) is 4.98 Å². The first-order valence-electron chi connectivity index (χ1n) is 8.09. The van der Waals surface area contributed by atoms with Crippen LogP contribution in [0.5, 0.6) is 5.75 Å². The maximum Gasteiger partial charge on any atom is 0.362 e. The molecule has 140 valence electrons. The Morgan fingerprint density at radius 1 is 1.15 bits per heavy atom. The quantitative estimate of drug-likeness (QED) is 0.580. The highest BCUT2D eigenvalue weighted by molar-refractivity contribution is 6.35. The third kappa shape index (κ3) is 4.35. The van der Waals surface area contributed by atoms with Crippen molar-refractivity contribution in [3.05, 3.63) is 63.8 Å². The number of anilines is 1. The van der Waals surface area contributed by atoms with Crippen molar-refractivity contribution < 1.29 is 18.7 Å². The minimum atomic E-state index is -0.624. The van der Waals surface area contributed by atoms with Crippen LogP contribution in [0.4, 0.5) is 5.88 Å². The summed E-state index contributed by atoms with van der Waals surface area (Å²) in [5.74, 6) is 0.120. The highest BCUT2D eigenvalue weighted by atomic mass is 35.5. The zero-order valence-corrected chi connectivity index (χ0v) is 15.9. The molecule has 1 aromatic heterocycles. The van der Waals surface area contributed by atoms with Crippen molar-refractivity contribution in [2.45, 2.75) is 13.5 Å². The lowest BCUT2D eigenvalue weighted by Gasteiger charge is -2.09.